The Hall–Kier alpha value is -0.350. The van der Waals surface area contributed by atoms with Gasteiger partial charge in [0.1, 0.15) is 5.60 Å². The van der Waals surface area contributed by atoms with Crippen molar-refractivity contribution >= 4 is 15.9 Å². The summed E-state index contributed by atoms with van der Waals surface area (Å²) in [5.41, 5.74) is 0.188. The minimum Gasteiger partial charge on any atom is -0.383 e. The first-order valence-electron chi connectivity index (χ1n) is 5.85. The molecule has 1 aliphatic rings. The van der Waals surface area contributed by atoms with Crippen LogP contribution in [-0.4, -0.2) is 14.9 Å². The number of rotatable bonds is 1. The van der Waals surface area contributed by atoms with Crippen LogP contribution in [0.1, 0.15) is 38.8 Å². The van der Waals surface area contributed by atoms with Gasteiger partial charge in [-0.1, -0.05) is 20.3 Å². The molecule has 0 aliphatic heterocycles. The molecule has 1 aromatic rings. The van der Waals surface area contributed by atoms with Crippen LogP contribution >= 0.6 is 15.9 Å². The van der Waals surface area contributed by atoms with E-state index in [-0.39, 0.29) is 5.92 Å². The molecule has 1 N–H and O–H groups in total. The lowest BCUT2D eigenvalue weighted by molar-refractivity contribution is -0.0693. The highest BCUT2D eigenvalue weighted by molar-refractivity contribution is 9.10. The molecule has 1 fully saturated rings. The third kappa shape index (κ3) is 1.82. The Balaban J connectivity index is 2.43. The Labute approximate surface area is 105 Å². The zero-order valence-electron chi connectivity index (χ0n) is 10.1. The third-order valence-corrected chi connectivity index (χ3v) is 4.45. The molecular formula is C12H19BrN2O. The minimum absolute atomic E-state index is 0.287. The van der Waals surface area contributed by atoms with Crippen LogP contribution in [0.5, 0.6) is 0 Å². The standard InChI is InChI=1S/C12H19BrN2O/c1-8-4-5-9(2)12(16,6-8)11-10(13)7-14-15(11)3/h7-9,16H,4-6H2,1-3H3. The van der Waals surface area contributed by atoms with Crippen LogP contribution in [0.15, 0.2) is 10.7 Å². The molecule has 90 valence electrons. The normalized spacial score (nSPS) is 35.3. The second-order valence-corrected chi connectivity index (χ2v) is 6.03. The van der Waals surface area contributed by atoms with E-state index in [1.165, 1.54) is 6.42 Å². The van der Waals surface area contributed by atoms with Gasteiger partial charge >= 0.3 is 0 Å². The second-order valence-electron chi connectivity index (χ2n) is 5.18. The van der Waals surface area contributed by atoms with Crippen LogP contribution in [0.2, 0.25) is 0 Å². The lowest BCUT2D eigenvalue weighted by Gasteiger charge is -2.41. The largest absolute Gasteiger partial charge is 0.383 e. The van der Waals surface area contributed by atoms with E-state index in [4.69, 9.17) is 0 Å². The maximum absolute atomic E-state index is 10.9. The van der Waals surface area contributed by atoms with Crippen molar-refractivity contribution in [3.8, 4) is 0 Å². The van der Waals surface area contributed by atoms with Crippen LogP contribution < -0.4 is 0 Å². The Kier molecular flexibility index (Phi) is 3.14. The third-order valence-electron chi connectivity index (χ3n) is 3.87. The summed E-state index contributed by atoms with van der Waals surface area (Å²) in [6, 6.07) is 0. The number of aliphatic hydroxyl groups is 1. The van der Waals surface area contributed by atoms with E-state index in [0.717, 1.165) is 23.0 Å². The van der Waals surface area contributed by atoms with E-state index in [2.05, 4.69) is 34.9 Å². The molecule has 16 heavy (non-hydrogen) atoms. The molecule has 2 rings (SSSR count). The van der Waals surface area contributed by atoms with Crippen molar-refractivity contribution in [3.05, 3.63) is 16.4 Å². The monoisotopic (exact) mass is 286 g/mol. The summed E-state index contributed by atoms with van der Waals surface area (Å²) >= 11 is 3.49. The van der Waals surface area contributed by atoms with Gasteiger partial charge in [-0.25, -0.2) is 0 Å². The van der Waals surface area contributed by atoms with Crippen molar-refractivity contribution in [1.82, 2.24) is 9.78 Å². The molecule has 1 aliphatic carbocycles. The molecule has 4 heteroatoms. The van der Waals surface area contributed by atoms with E-state index >= 15 is 0 Å². The van der Waals surface area contributed by atoms with Crippen LogP contribution in [-0.2, 0) is 12.6 Å². The van der Waals surface area contributed by atoms with Crippen molar-refractivity contribution in [2.45, 2.75) is 38.7 Å². The lowest BCUT2D eigenvalue weighted by atomic mass is 9.70. The van der Waals surface area contributed by atoms with Gasteiger partial charge in [0, 0.05) is 7.05 Å². The first-order chi connectivity index (χ1) is 7.45. The van der Waals surface area contributed by atoms with Crippen LogP contribution in [0.3, 0.4) is 0 Å². The molecule has 1 saturated carbocycles. The maximum atomic E-state index is 10.9. The van der Waals surface area contributed by atoms with Crippen LogP contribution in [0.4, 0.5) is 0 Å². The molecule has 0 saturated heterocycles. The summed E-state index contributed by atoms with van der Waals surface area (Å²) in [7, 11) is 1.89. The molecule has 1 aromatic heterocycles. The molecule has 3 nitrogen and oxygen atoms in total. The Bertz CT molecular complexity index is 371. The van der Waals surface area contributed by atoms with Crippen LogP contribution in [0.25, 0.3) is 0 Å². The van der Waals surface area contributed by atoms with Gasteiger partial charge in [0.25, 0.3) is 0 Å². The predicted octanol–water partition coefficient (Wildman–Crippen LogP) is 2.83. The van der Waals surface area contributed by atoms with E-state index in [0.29, 0.717) is 5.92 Å². The highest BCUT2D eigenvalue weighted by atomic mass is 79.9. The van der Waals surface area contributed by atoms with Gasteiger partial charge < -0.3 is 5.11 Å². The molecule has 3 unspecified atom stereocenters. The Morgan fingerprint density at radius 1 is 1.50 bits per heavy atom. The molecule has 3 atom stereocenters. The van der Waals surface area contributed by atoms with Gasteiger partial charge in [0.2, 0.25) is 0 Å². The number of nitrogens with zero attached hydrogens (tertiary/aromatic N) is 2. The molecule has 0 amide bonds. The number of aryl methyl sites for hydroxylation is 1. The molecule has 0 spiro atoms. The number of aromatic nitrogens is 2. The highest BCUT2D eigenvalue weighted by Crippen LogP contribution is 2.45. The quantitative estimate of drug-likeness (QED) is 0.862. The van der Waals surface area contributed by atoms with Gasteiger partial charge in [0.15, 0.2) is 0 Å². The summed E-state index contributed by atoms with van der Waals surface area (Å²) in [5.74, 6) is 0.860. The summed E-state index contributed by atoms with van der Waals surface area (Å²) in [6.45, 7) is 4.34. The van der Waals surface area contributed by atoms with Gasteiger partial charge in [-0.3, -0.25) is 4.68 Å². The average molecular weight is 287 g/mol. The van der Waals surface area contributed by atoms with Crippen LogP contribution in [0, 0.1) is 11.8 Å². The second kappa shape index (κ2) is 4.15. The maximum Gasteiger partial charge on any atom is 0.110 e. The smallest absolute Gasteiger partial charge is 0.110 e. The minimum atomic E-state index is -0.734. The van der Waals surface area contributed by atoms with Crippen molar-refractivity contribution in [2.75, 3.05) is 0 Å². The number of halogens is 1. The lowest BCUT2D eigenvalue weighted by Crippen LogP contribution is -2.41. The topological polar surface area (TPSA) is 38.1 Å². The summed E-state index contributed by atoms with van der Waals surface area (Å²) in [5, 5.41) is 15.1. The summed E-state index contributed by atoms with van der Waals surface area (Å²) < 4.78 is 2.71. The SMILES string of the molecule is CC1CCC(C)C(O)(c2c(Br)cnn2C)C1. The van der Waals surface area contributed by atoms with Crippen molar-refractivity contribution in [3.63, 3.8) is 0 Å². The molecule has 0 bridgehead atoms. The van der Waals surface area contributed by atoms with Crippen molar-refractivity contribution in [1.29, 1.82) is 0 Å². The molecule has 0 radical (unpaired) electrons. The molecular weight excluding hydrogens is 268 g/mol. The Morgan fingerprint density at radius 2 is 2.19 bits per heavy atom. The van der Waals surface area contributed by atoms with E-state index in [1.807, 2.05) is 7.05 Å². The number of hydrogen-bond donors (Lipinski definition) is 1. The fourth-order valence-electron chi connectivity index (χ4n) is 2.84. The average Bonchev–Trinajstić information content (AvgIpc) is 2.53. The fourth-order valence-corrected chi connectivity index (χ4v) is 3.53. The molecule has 0 aromatic carbocycles. The zero-order valence-corrected chi connectivity index (χ0v) is 11.7. The van der Waals surface area contributed by atoms with Gasteiger partial charge in [-0.2, -0.15) is 5.10 Å². The molecule has 1 heterocycles. The van der Waals surface area contributed by atoms with Gasteiger partial charge in [-0.05, 0) is 40.6 Å². The summed E-state index contributed by atoms with van der Waals surface area (Å²) in [4.78, 5) is 0. The predicted molar refractivity (Wildman–Crippen MR) is 67.0 cm³/mol. The highest BCUT2D eigenvalue weighted by Gasteiger charge is 2.43. The van der Waals surface area contributed by atoms with E-state index in [1.54, 1.807) is 10.9 Å². The zero-order chi connectivity index (χ0) is 11.9. The first-order valence-corrected chi connectivity index (χ1v) is 6.64. The first kappa shape index (κ1) is 12.1. The van der Waals surface area contributed by atoms with Gasteiger partial charge in [0.05, 0.1) is 16.4 Å². The van der Waals surface area contributed by atoms with Crippen molar-refractivity contribution in [2.24, 2.45) is 18.9 Å². The Morgan fingerprint density at radius 3 is 2.75 bits per heavy atom. The van der Waals surface area contributed by atoms with Gasteiger partial charge in [-0.15, -0.1) is 0 Å². The number of hydrogen-bond acceptors (Lipinski definition) is 2. The fraction of sp³-hybridized carbons (Fsp3) is 0.750. The van der Waals surface area contributed by atoms with Crippen molar-refractivity contribution < 1.29 is 5.11 Å². The van der Waals surface area contributed by atoms with E-state index < -0.39 is 5.60 Å². The van der Waals surface area contributed by atoms with E-state index in [9.17, 15) is 5.11 Å². The summed E-state index contributed by atoms with van der Waals surface area (Å²) in [6.07, 6.45) is 4.87.